The van der Waals surface area contributed by atoms with Gasteiger partial charge in [-0.25, -0.2) is 0 Å². The van der Waals surface area contributed by atoms with Crippen LogP contribution in [0.3, 0.4) is 0 Å². The van der Waals surface area contributed by atoms with Crippen molar-refractivity contribution < 1.29 is 9.31 Å². The summed E-state index contributed by atoms with van der Waals surface area (Å²) < 4.78 is 14.4. The molecule has 5 heteroatoms. The molecule has 0 unspecified atom stereocenters. The Balaban J connectivity index is 2.11. The lowest BCUT2D eigenvalue weighted by Crippen LogP contribution is -2.41. The molecule has 0 N–H and O–H groups in total. The second kappa shape index (κ2) is 9.58. The maximum absolute atomic E-state index is 13.5. The average Bonchev–Trinajstić information content (AvgIpc) is 2.95. The number of pyridine rings is 1. The zero-order chi connectivity index (χ0) is 22.6. The van der Waals surface area contributed by atoms with Crippen molar-refractivity contribution >= 4 is 18.2 Å². The molecule has 1 fully saturated rings. The van der Waals surface area contributed by atoms with Crippen molar-refractivity contribution in [3.8, 4) is 0 Å². The van der Waals surface area contributed by atoms with E-state index in [1.165, 1.54) is 0 Å². The van der Waals surface area contributed by atoms with Crippen LogP contribution in [0.2, 0.25) is 0 Å². The normalized spacial score (nSPS) is 17.9. The number of allylic oxidation sites excluding steroid dienone is 2. The van der Waals surface area contributed by atoms with Gasteiger partial charge in [0.05, 0.1) is 17.7 Å². The molecule has 0 amide bonds. The molecule has 0 aliphatic carbocycles. The van der Waals surface area contributed by atoms with E-state index >= 15 is 0 Å². The van der Waals surface area contributed by atoms with E-state index in [1.54, 1.807) is 4.57 Å². The average molecular weight is 421 g/mol. The highest BCUT2D eigenvalue weighted by Crippen LogP contribution is 2.36. The first-order valence-electron chi connectivity index (χ1n) is 11.5. The standard InChI is InChI=1S/C26H36BNO3/c1-7-9-16-21(13-8-2)23-17-22(27-30-25(3,4)26(5,6)31-27)19-28(24(23)29)18-20-14-11-10-12-15-20/h10-12,14-17,19H,7-9,13,18H2,1-6H3. The molecule has 1 aliphatic heterocycles. The monoisotopic (exact) mass is 421 g/mol. The van der Waals surface area contributed by atoms with Gasteiger partial charge in [0, 0.05) is 11.8 Å². The lowest BCUT2D eigenvalue weighted by Gasteiger charge is -2.32. The summed E-state index contributed by atoms with van der Waals surface area (Å²) in [6.45, 7) is 13.0. The molecule has 0 atom stereocenters. The van der Waals surface area contributed by atoms with Crippen molar-refractivity contribution in [2.24, 2.45) is 0 Å². The molecule has 1 aromatic heterocycles. The van der Waals surface area contributed by atoms with E-state index in [2.05, 4.69) is 47.6 Å². The van der Waals surface area contributed by atoms with E-state index in [0.717, 1.165) is 47.8 Å². The SMILES string of the molecule is CCCC=C(CCC)c1cc(B2OC(C)(C)C(C)(C)O2)cn(Cc2ccccc2)c1=O. The topological polar surface area (TPSA) is 40.5 Å². The molecule has 3 rings (SSSR count). The Hall–Kier alpha value is -2.11. The highest BCUT2D eigenvalue weighted by molar-refractivity contribution is 6.62. The first-order chi connectivity index (χ1) is 14.7. The van der Waals surface area contributed by atoms with Crippen LogP contribution in [0.5, 0.6) is 0 Å². The van der Waals surface area contributed by atoms with Gasteiger partial charge in [-0.1, -0.05) is 63.1 Å². The number of aromatic nitrogens is 1. The minimum atomic E-state index is -0.500. The summed E-state index contributed by atoms with van der Waals surface area (Å²) in [5, 5.41) is 0. The molecule has 0 radical (unpaired) electrons. The molecular formula is C26H36BNO3. The van der Waals surface area contributed by atoms with Crippen molar-refractivity contribution in [1.82, 2.24) is 4.57 Å². The van der Waals surface area contributed by atoms with Crippen molar-refractivity contribution in [2.45, 2.75) is 85.0 Å². The molecule has 2 aromatic rings. The predicted octanol–water partition coefficient (Wildman–Crippen LogP) is 5.18. The van der Waals surface area contributed by atoms with Gasteiger partial charge in [0.2, 0.25) is 0 Å². The van der Waals surface area contributed by atoms with Crippen LogP contribution in [-0.4, -0.2) is 22.9 Å². The second-order valence-corrected chi connectivity index (χ2v) is 9.46. The fourth-order valence-electron chi connectivity index (χ4n) is 3.83. The molecule has 166 valence electrons. The van der Waals surface area contributed by atoms with Crippen molar-refractivity contribution in [1.29, 1.82) is 0 Å². The minimum absolute atomic E-state index is 0.0416. The Morgan fingerprint density at radius 2 is 1.68 bits per heavy atom. The molecule has 4 nitrogen and oxygen atoms in total. The smallest absolute Gasteiger partial charge is 0.399 e. The van der Waals surface area contributed by atoms with E-state index in [-0.39, 0.29) is 5.56 Å². The van der Waals surface area contributed by atoms with Gasteiger partial charge in [0.1, 0.15) is 0 Å². The second-order valence-electron chi connectivity index (χ2n) is 9.46. The van der Waals surface area contributed by atoms with E-state index in [0.29, 0.717) is 6.54 Å². The molecule has 1 aromatic carbocycles. The molecule has 31 heavy (non-hydrogen) atoms. The lowest BCUT2D eigenvalue weighted by atomic mass is 9.79. The van der Waals surface area contributed by atoms with Crippen LogP contribution in [0.15, 0.2) is 53.5 Å². The largest absolute Gasteiger partial charge is 0.496 e. The van der Waals surface area contributed by atoms with Crippen molar-refractivity contribution in [3.05, 3.63) is 70.2 Å². The summed E-state index contributed by atoms with van der Waals surface area (Å²) in [4.78, 5) is 13.5. The highest BCUT2D eigenvalue weighted by atomic mass is 16.7. The Labute approximate surface area is 187 Å². The molecular weight excluding hydrogens is 385 g/mol. The Morgan fingerprint density at radius 1 is 1.03 bits per heavy atom. The van der Waals surface area contributed by atoms with Gasteiger partial charge in [0.25, 0.3) is 5.56 Å². The lowest BCUT2D eigenvalue weighted by molar-refractivity contribution is 0.00578. The fraction of sp³-hybridized carbons (Fsp3) is 0.500. The van der Waals surface area contributed by atoms with Crippen LogP contribution in [0, 0.1) is 0 Å². The number of nitrogens with zero attached hydrogens (tertiary/aromatic N) is 1. The number of rotatable bonds is 8. The zero-order valence-corrected chi connectivity index (χ0v) is 19.9. The van der Waals surface area contributed by atoms with Gasteiger partial charge in [-0.15, -0.1) is 0 Å². The third kappa shape index (κ3) is 5.21. The third-order valence-corrected chi connectivity index (χ3v) is 6.37. The highest BCUT2D eigenvalue weighted by Gasteiger charge is 2.52. The summed E-state index contributed by atoms with van der Waals surface area (Å²) in [5.41, 5.74) is 3.05. The quantitative estimate of drug-likeness (QED) is 0.552. The first kappa shape index (κ1) is 23.6. The van der Waals surface area contributed by atoms with Crippen LogP contribution in [0.4, 0.5) is 0 Å². The van der Waals surface area contributed by atoms with E-state index in [4.69, 9.17) is 9.31 Å². The van der Waals surface area contributed by atoms with Crippen molar-refractivity contribution in [2.75, 3.05) is 0 Å². The van der Waals surface area contributed by atoms with Gasteiger partial charge >= 0.3 is 7.12 Å². The summed E-state index contributed by atoms with van der Waals surface area (Å²) in [6.07, 6.45) is 8.03. The maximum atomic E-state index is 13.5. The Kier molecular flexibility index (Phi) is 7.28. The molecule has 1 aliphatic rings. The van der Waals surface area contributed by atoms with Gasteiger partial charge in [-0.2, -0.15) is 0 Å². The van der Waals surface area contributed by atoms with Gasteiger partial charge < -0.3 is 13.9 Å². The molecule has 0 bridgehead atoms. The van der Waals surface area contributed by atoms with Gasteiger partial charge in [0.15, 0.2) is 0 Å². The summed E-state index contributed by atoms with van der Waals surface area (Å²) >= 11 is 0. The van der Waals surface area contributed by atoms with Crippen LogP contribution < -0.4 is 11.0 Å². The van der Waals surface area contributed by atoms with E-state index in [1.807, 2.05) is 42.6 Å². The zero-order valence-electron chi connectivity index (χ0n) is 19.9. The van der Waals surface area contributed by atoms with Gasteiger partial charge in [-0.05, 0) is 63.2 Å². The molecule has 2 heterocycles. The summed E-state index contributed by atoms with van der Waals surface area (Å²) in [6, 6.07) is 12.1. The first-order valence-corrected chi connectivity index (χ1v) is 11.5. The fourth-order valence-corrected chi connectivity index (χ4v) is 3.83. The molecule has 1 saturated heterocycles. The number of benzene rings is 1. The van der Waals surface area contributed by atoms with Gasteiger partial charge in [-0.3, -0.25) is 4.79 Å². The number of unbranched alkanes of at least 4 members (excludes halogenated alkanes) is 1. The van der Waals surface area contributed by atoms with Crippen LogP contribution in [0.25, 0.3) is 5.57 Å². The molecule has 0 saturated carbocycles. The third-order valence-electron chi connectivity index (χ3n) is 6.37. The van der Waals surface area contributed by atoms with Crippen LogP contribution in [0.1, 0.15) is 78.4 Å². The van der Waals surface area contributed by atoms with Crippen LogP contribution >= 0.6 is 0 Å². The summed E-state index contributed by atoms with van der Waals surface area (Å²) in [7, 11) is -0.500. The van der Waals surface area contributed by atoms with E-state index < -0.39 is 18.3 Å². The van der Waals surface area contributed by atoms with E-state index in [9.17, 15) is 4.79 Å². The molecule has 0 spiro atoms. The Morgan fingerprint density at radius 3 is 2.26 bits per heavy atom. The predicted molar refractivity (Wildman–Crippen MR) is 130 cm³/mol. The maximum Gasteiger partial charge on any atom is 0.496 e. The Bertz CT molecular complexity index is 960. The summed E-state index contributed by atoms with van der Waals surface area (Å²) in [5.74, 6) is 0. The van der Waals surface area contributed by atoms with Crippen molar-refractivity contribution in [3.63, 3.8) is 0 Å². The minimum Gasteiger partial charge on any atom is -0.399 e. The van der Waals surface area contributed by atoms with Crippen LogP contribution in [-0.2, 0) is 15.9 Å². The number of hydrogen-bond acceptors (Lipinski definition) is 3. The number of hydrogen-bond donors (Lipinski definition) is 0.